The second-order valence-electron chi connectivity index (χ2n) is 10.3. The fourth-order valence-electron chi connectivity index (χ4n) is 6.38. The lowest BCUT2D eigenvalue weighted by molar-refractivity contribution is -0.155. The number of morpholine rings is 1. The molecular weight excluding hydrogens is 478 g/mol. The predicted molar refractivity (Wildman–Crippen MR) is 135 cm³/mol. The van der Waals surface area contributed by atoms with Crippen LogP contribution in [0.15, 0.2) is 25.3 Å². The summed E-state index contributed by atoms with van der Waals surface area (Å²) in [6.45, 7) is 12.6. The van der Waals surface area contributed by atoms with Crippen molar-refractivity contribution < 1.29 is 33.7 Å². The molecule has 37 heavy (non-hydrogen) atoms. The molecule has 0 radical (unpaired) electrons. The Hall–Kier alpha value is -2.27. The van der Waals surface area contributed by atoms with Gasteiger partial charge in [-0.2, -0.15) is 0 Å². The topological polar surface area (TPSA) is 109 Å². The third-order valence-corrected chi connectivity index (χ3v) is 8.13. The van der Waals surface area contributed by atoms with Crippen LogP contribution in [0.3, 0.4) is 0 Å². The van der Waals surface area contributed by atoms with Crippen LogP contribution >= 0.6 is 0 Å². The smallest absolute Gasteiger partial charge is 0.312 e. The third kappa shape index (κ3) is 5.48. The van der Waals surface area contributed by atoms with Gasteiger partial charge in [0.1, 0.15) is 11.6 Å². The lowest BCUT2D eigenvalue weighted by Gasteiger charge is -2.37. The molecule has 2 amide bonds. The number of rotatable bonds is 14. The summed E-state index contributed by atoms with van der Waals surface area (Å²) in [6.07, 6.45) is 5.70. The summed E-state index contributed by atoms with van der Waals surface area (Å²) in [7, 11) is 0. The molecule has 4 aliphatic rings. The molecular formula is C27H41N3O7. The predicted octanol–water partition coefficient (Wildman–Crippen LogP) is 0.600. The van der Waals surface area contributed by atoms with Crippen molar-refractivity contribution in [3.05, 3.63) is 25.3 Å². The molecule has 2 unspecified atom stereocenters. The molecule has 1 spiro atoms. The molecule has 4 fully saturated rings. The first-order valence-corrected chi connectivity index (χ1v) is 13.5. The summed E-state index contributed by atoms with van der Waals surface area (Å²) in [4.78, 5) is 46.8. The number of amides is 2. The highest BCUT2D eigenvalue weighted by molar-refractivity contribution is 5.98. The zero-order valence-corrected chi connectivity index (χ0v) is 21.7. The highest BCUT2D eigenvalue weighted by Crippen LogP contribution is 2.58. The Kier molecular flexibility index (Phi) is 9.39. The number of nitrogens with zero attached hydrogens (tertiary/aromatic N) is 3. The van der Waals surface area contributed by atoms with Gasteiger partial charge >= 0.3 is 5.97 Å². The number of hydrogen-bond acceptors (Lipinski definition) is 8. The lowest BCUT2D eigenvalue weighted by atomic mass is 9.70. The number of carbonyl (C=O) groups excluding carboxylic acids is 3. The average molecular weight is 520 g/mol. The normalized spacial score (nSPS) is 30.8. The summed E-state index contributed by atoms with van der Waals surface area (Å²) in [5.41, 5.74) is -1.04. The first kappa shape index (κ1) is 27.8. The third-order valence-electron chi connectivity index (χ3n) is 8.13. The van der Waals surface area contributed by atoms with Gasteiger partial charge in [-0.05, 0) is 32.1 Å². The monoisotopic (exact) mass is 519 g/mol. The zero-order chi connectivity index (χ0) is 26.4. The van der Waals surface area contributed by atoms with Gasteiger partial charge in [0.05, 0.1) is 37.8 Å². The van der Waals surface area contributed by atoms with E-state index in [1.54, 1.807) is 22.0 Å². The zero-order valence-electron chi connectivity index (χ0n) is 21.7. The van der Waals surface area contributed by atoms with Gasteiger partial charge < -0.3 is 29.1 Å². The van der Waals surface area contributed by atoms with E-state index in [1.165, 1.54) is 0 Å². The summed E-state index contributed by atoms with van der Waals surface area (Å²) in [5, 5.41) is 9.32. The van der Waals surface area contributed by atoms with E-state index in [4.69, 9.17) is 14.2 Å². The summed E-state index contributed by atoms with van der Waals surface area (Å²) >= 11 is 0. The second-order valence-corrected chi connectivity index (χ2v) is 10.3. The number of carbonyl (C=O) groups is 3. The molecule has 5 atom stereocenters. The molecule has 206 valence electrons. The number of aliphatic hydroxyl groups excluding tert-OH is 1. The standard InChI is InChI=1S/C27H41N3O7/c1-3-5-17-36-26(34)21-20-8-9-27(37-20)22(21)24(32)30(11-6-7-16-31)23(27)25(33)29(10-4-2)13-12-28-14-18-35-19-15-28/h3-4,20-23,31H,1-2,5-19H2/t20-,21+,22-,23?,27?/m0/s1. The molecule has 0 saturated carbocycles. The maximum atomic E-state index is 14.2. The summed E-state index contributed by atoms with van der Waals surface area (Å²) in [6, 6.07) is -0.815. The fourth-order valence-corrected chi connectivity index (χ4v) is 6.38. The van der Waals surface area contributed by atoms with E-state index in [-0.39, 0.29) is 25.0 Å². The van der Waals surface area contributed by atoms with Crippen molar-refractivity contribution in [2.24, 2.45) is 11.8 Å². The first-order chi connectivity index (χ1) is 18.0. The van der Waals surface area contributed by atoms with Crippen LogP contribution < -0.4 is 0 Å². The van der Waals surface area contributed by atoms with E-state index in [2.05, 4.69) is 18.1 Å². The van der Waals surface area contributed by atoms with Gasteiger partial charge in [-0.3, -0.25) is 19.3 Å². The number of likely N-dealkylation sites (tertiary alicyclic amines) is 1. The first-order valence-electron chi connectivity index (χ1n) is 13.5. The molecule has 0 aromatic rings. The van der Waals surface area contributed by atoms with Gasteiger partial charge in [-0.25, -0.2) is 0 Å². The van der Waals surface area contributed by atoms with Crippen molar-refractivity contribution in [3.63, 3.8) is 0 Å². The van der Waals surface area contributed by atoms with Crippen LogP contribution in [0.1, 0.15) is 32.1 Å². The van der Waals surface area contributed by atoms with Gasteiger partial charge in [-0.1, -0.05) is 12.2 Å². The average Bonchev–Trinajstić information content (AvgIpc) is 3.54. The molecule has 4 aliphatic heterocycles. The Morgan fingerprint density at radius 2 is 1.97 bits per heavy atom. The minimum atomic E-state index is -1.04. The van der Waals surface area contributed by atoms with Crippen LogP contribution in [0.4, 0.5) is 0 Å². The molecule has 0 aromatic heterocycles. The second kappa shape index (κ2) is 12.5. The van der Waals surface area contributed by atoms with Gasteiger partial charge in [-0.15, -0.1) is 13.2 Å². The lowest BCUT2D eigenvalue weighted by Crippen LogP contribution is -2.57. The number of ether oxygens (including phenoxy) is 3. The minimum Gasteiger partial charge on any atom is -0.465 e. The molecule has 0 aromatic carbocycles. The molecule has 4 rings (SSSR count). The molecule has 4 saturated heterocycles. The molecule has 10 nitrogen and oxygen atoms in total. The van der Waals surface area contributed by atoms with Crippen LogP contribution in [0, 0.1) is 11.8 Å². The number of unbranched alkanes of at least 4 members (excludes halogenated alkanes) is 1. The van der Waals surface area contributed by atoms with Crippen molar-refractivity contribution in [1.29, 1.82) is 0 Å². The van der Waals surface area contributed by atoms with E-state index in [0.717, 1.165) is 13.1 Å². The van der Waals surface area contributed by atoms with Crippen LogP contribution in [-0.4, -0.2) is 121 Å². The van der Waals surface area contributed by atoms with E-state index in [1.807, 2.05) is 0 Å². The Morgan fingerprint density at radius 1 is 1.19 bits per heavy atom. The van der Waals surface area contributed by atoms with Crippen molar-refractivity contribution >= 4 is 17.8 Å². The molecule has 2 bridgehead atoms. The van der Waals surface area contributed by atoms with Gasteiger partial charge in [0, 0.05) is 45.9 Å². The van der Waals surface area contributed by atoms with E-state index < -0.39 is 35.6 Å². The highest BCUT2D eigenvalue weighted by atomic mass is 16.6. The van der Waals surface area contributed by atoms with Crippen molar-refractivity contribution in [2.45, 2.75) is 49.9 Å². The number of aliphatic hydroxyl groups is 1. The molecule has 1 N–H and O–H groups in total. The highest BCUT2D eigenvalue weighted by Gasteiger charge is 2.75. The van der Waals surface area contributed by atoms with Gasteiger partial charge in [0.15, 0.2) is 0 Å². The van der Waals surface area contributed by atoms with E-state index in [0.29, 0.717) is 71.5 Å². The van der Waals surface area contributed by atoms with E-state index >= 15 is 0 Å². The van der Waals surface area contributed by atoms with Crippen LogP contribution in [0.5, 0.6) is 0 Å². The Bertz CT molecular complexity index is 861. The van der Waals surface area contributed by atoms with Crippen LogP contribution in [0.25, 0.3) is 0 Å². The fraction of sp³-hybridized carbons (Fsp3) is 0.741. The molecule has 4 heterocycles. The SMILES string of the molecule is C=CCCOC(=O)[C@@H]1[C@@H]2CCC3(O2)C(C(=O)N(CC=C)CCN2CCOCC2)N(CCCCO)C(=O)[C@H]13. The number of esters is 1. The van der Waals surface area contributed by atoms with Crippen LogP contribution in [0.2, 0.25) is 0 Å². The van der Waals surface area contributed by atoms with Crippen LogP contribution in [-0.2, 0) is 28.6 Å². The largest absolute Gasteiger partial charge is 0.465 e. The maximum Gasteiger partial charge on any atom is 0.312 e. The molecule has 0 aliphatic carbocycles. The molecule has 10 heteroatoms. The van der Waals surface area contributed by atoms with Gasteiger partial charge in [0.25, 0.3) is 0 Å². The van der Waals surface area contributed by atoms with Crippen molar-refractivity contribution in [3.8, 4) is 0 Å². The number of fused-ring (bicyclic) bond motifs is 1. The van der Waals surface area contributed by atoms with E-state index in [9.17, 15) is 19.5 Å². The Balaban J connectivity index is 1.58. The summed E-state index contributed by atoms with van der Waals surface area (Å²) in [5.74, 6) is -2.29. The van der Waals surface area contributed by atoms with Crippen molar-refractivity contribution in [1.82, 2.24) is 14.7 Å². The number of hydrogen-bond donors (Lipinski definition) is 1. The Labute approximate surface area is 219 Å². The Morgan fingerprint density at radius 3 is 2.68 bits per heavy atom. The maximum absolute atomic E-state index is 14.2. The summed E-state index contributed by atoms with van der Waals surface area (Å²) < 4.78 is 17.4. The van der Waals surface area contributed by atoms with Crippen molar-refractivity contribution in [2.75, 3.05) is 65.7 Å². The van der Waals surface area contributed by atoms with Gasteiger partial charge in [0.2, 0.25) is 11.8 Å². The quantitative estimate of drug-likeness (QED) is 0.202. The minimum absolute atomic E-state index is 0.00812.